The highest BCUT2D eigenvalue weighted by atomic mass is 16.3. The van der Waals surface area contributed by atoms with Crippen molar-refractivity contribution in [2.45, 2.75) is 18.4 Å². The Morgan fingerprint density at radius 3 is 2.33 bits per heavy atom. The second-order valence-electron chi connectivity index (χ2n) is 5.03. The predicted molar refractivity (Wildman–Crippen MR) is 73.1 cm³/mol. The summed E-state index contributed by atoms with van der Waals surface area (Å²) in [5, 5.41) is 10.3. The van der Waals surface area contributed by atoms with Crippen molar-refractivity contribution in [3.8, 4) is 0 Å². The third-order valence-corrected chi connectivity index (χ3v) is 3.75. The van der Waals surface area contributed by atoms with E-state index in [0.29, 0.717) is 11.8 Å². The van der Waals surface area contributed by atoms with Crippen molar-refractivity contribution in [2.75, 3.05) is 5.73 Å². The van der Waals surface area contributed by atoms with Crippen molar-refractivity contribution in [1.82, 2.24) is 0 Å². The third-order valence-electron chi connectivity index (χ3n) is 3.75. The van der Waals surface area contributed by atoms with Crippen LogP contribution in [-0.2, 0) is 0 Å². The smallest absolute Gasteiger partial charge is 0.0824 e. The number of benzene rings is 2. The summed E-state index contributed by atoms with van der Waals surface area (Å²) in [5.41, 5.74) is 8.69. The first-order chi connectivity index (χ1) is 8.75. The van der Waals surface area contributed by atoms with Gasteiger partial charge in [-0.05, 0) is 41.5 Å². The summed E-state index contributed by atoms with van der Waals surface area (Å²) in [6.45, 7) is 0. The van der Waals surface area contributed by atoms with E-state index in [4.69, 9.17) is 5.73 Å². The molecule has 0 radical (unpaired) electrons. The molecule has 2 heteroatoms. The van der Waals surface area contributed by atoms with Crippen molar-refractivity contribution in [2.24, 2.45) is 5.92 Å². The van der Waals surface area contributed by atoms with Crippen LogP contribution in [0, 0.1) is 5.92 Å². The van der Waals surface area contributed by atoms with Gasteiger partial charge < -0.3 is 10.8 Å². The number of anilines is 1. The molecule has 92 valence electrons. The molecule has 0 saturated heterocycles. The quantitative estimate of drug-likeness (QED) is 0.808. The van der Waals surface area contributed by atoms with Crippen LogP contribution in [0.5, 0.6) is 0 Å². The molecule has 0 aliphatic heterocycles. The molecule has 0 aromatic heterocycles. The number of aliphatic hydroxyl groups is 1. The maximum Gasteiger partial charge on any atom is 0.0824 e. The molecule has 0 amide bonds. The summed E-state index contributed by atoms with van der Waals surface area (Å²) < 4.78 is 0. The minimum absolute atomic E-state index is 0.344. The normalized spacial score (nSPS) is 23.6. The molecular formula is C16H17NO. The zero-order valence-corrected chi connectivity index (χ0v) is 10.2. The van der Waals surface area contributed by atoms with Gasteiger partial charge in [-0.3, -0.25) is 0 Å². The fourth-order valence-electron chi connectivity index (χ4n) is 2.59. The standard InChI is InChI=1S/C16H17NO/c17-13-8-6-12(7-9-13)16(18)15-10-14(15)11-4-2-1-3-5-11/h1-9,14-16,18H,10,17H2. The first-order valence-corrected chi connectivity index (χ1v) is 6.34. The number of nitrogens with two attached hydrogens (primary N) is 1. The highest BCUT2D eigenvalue weighted by molar-refractivity contribution is 5.40. The molecule has 0 heterocycles. The first kappa shape index (κ1) is 11.3. The van der Waals surface area contributed by atoms with Crippen molar-refractivity contribution >= 4 is 5.69 Å². The lowest BCUT2D eigenvalue weighted by Gasteiger charge is -2.11. The SMILES string of the molecule is Nc1ccc(C(O)C2CC2c2ccccc2)cc1. The van der Waals surface area contributed by atoms with Crippen molar-refractivity contribution in [3.63, 3.8) is 0 Å². The van der Waals surface area contributed by atoms with Gasteiger partial charge in [0.05, 0.1) is 6.10 Å². The molecule has 2 aromatic carbocycles. The molecule has 0 bridgehead atoms. The molecule has 1 aliphatic carbocycles. The zero-order valence-electron chi connectivity index (χ0n) is 10.2. The lowest BCUT2D eigenvalue weighted by molar-refractivity contribution is 0.151. The minimum atomic E-state index is -0.379. The molecule has 3 atom stereocenters. The molecule has 1 saturated carbocycles. The molecule has 1 fully saturated rings. The van der Waals surface area contributed by atoms with Gasteiger partial charge in [0.15, 0.2) is 0 Å². The van der Waals surface area contributed by atoms with Gasteiger partial charge in [0, 0.05) is 5.69 Å². The number of hydrogen-bond acceptors (Lipinski definition) is 2. The lowest BCUT2D eigenvalue weighted by Crippen LogP contribution is -2.01. The largest absolute Gasteiger partial charge is 0.399 e. The van der Waals surface area contributed by atoms with Crippen LogP contribution in [0.4, 0.5) is 5.69 Å². The Labute approximate surface area is 107 Å². The summed E-state index contributed by atoms with van der Waals surface area (Å²) >= 11 is 0. The molecule has 2 nitrogen and oxygen atoms in total. The van der Waals surface area contributed by atoms with Gasteiger partial charge in [0.25, 0.3) is 0 Å². The molecular weight excluding hydrogens is 222 g/mol. The zero-order chi connectivity index (χ0) is 12.5. The fourth-order valence-corrected chi connectivity index (χ4v) is 2.59. The van der Waals surface area contributed by atoms with Gasteiger partial charge in [-0.15, -0.1) is 0 Å². The van der Waals surface area contributed by atoms with Gasteiger partial charge in [0.1, 0.15) is 0 Å². The van der Waals surface area contributed by atoms with Crippen LogP contribution in [0.3, 0.4) is 0 Å². The second kappa shape index (κ2) is 4.46. The average Bonchev–Trinajstić information content (AvgIpc) is 3.20. The Morgan fingerprint density at radius 1 is 1.00 bits per heavy atom. The fraction of sp³-hybridized carbons (Fsp3) is 0.250. The summed E-state index contributed by atoms with van der Waals surface area (Å²) in [5.74, 6) is 0.842. The predicted octanol–water partition coefficient (Wildman–Crippen LogP) is 3.11. The van der Waals surface area contributed by atoms with E-state index < -0.39 is 0 Å². The summed E-state index contributed by atoms with van der Waals surface area (Å²) in [4.78, 5) is 0. The van der Waals surface area contributed by atoms with Crippen LogP contribution in [0.1, 0.15) is 29.6 Å². The summed E-state index contributed by atoms with van der Waals surface area (Å²) in [7, 11) is 0. The summed E-state index contributed by atoms with van der Waals surface area (Å²) in [6.07, 6.45) is 0.686. The summed E-state index contributed by atoms with van der Waals surface area (Å²) in [6, 6.07) is 17.9. The Balaban J connectivity index is 1.73. The molecule has 1 aliphatic rings. The molecule has 3 unspecified atom stereocenters. The van der Waals surface area contributed by atoms with E-state index in [1.165, 1.54) is 5.56 Å². The Hall–Kier alpha value is -1.80. The first-order valence-electron chi connectivity index (χ1n) is 6.34. The van der Waals surface area contributed by atoms with Crippen LogP contribution < -0.4 is 5.73 Å². The van der Waals surface area contributed by atoms with Gasteiger partial charge in [-0.2, -0.15) is 0 Å². The van der Waals surface area contributed by atoms with Crippen LogP contribution in [0.15, 0.2) is 54.6 Å². The van der Waals surface area contributed by atoms with E-state index in [2.05, 4.69) is 24.3 Å². The van der Waals surface area contributed by atoms with E-state index in [9.17, 15) is 5.11 Å². The van der Waals surface area contributed by atoms with Crippen molar-refractivity contribution < 1.29 is 5.11 Å². The Bertz CT molecular complexity index is 521. The lowest BCUT2D eigenvalue weighted by atomic mass is 10.0. The Morgan fingerprint density at radius 2 is 1.67 bits per heavy atom. The molecule has 0 spiro atoms. The Kier molecular flexibility index (Phi) is 2.80. The van der Waals surface area contributed by atoms with E-state index in [0.717, 1.165) is 17.7 Å². The monoisotopic (exact) mass is 239 g/mol. The number of nitrogen functional groups attached to an aromatic ring is 1. The molecule has 18 heavy (non-hydrogen) atoms. The average molecular weight is 239 g/mol. The number of aliphatic hydroxyl groups excluding tert-OH is 1. The number of hydrogen-bond donors (Lipinski definition) is 2. The van der Waals surface area contributed by atoms with Crippen LogP contribution >= 0.6 is 0 Å². The highest BCUT2D eigenvalue weighted by Gasteiger charge is 2.43. The van der Waals surface area contributed by atoms with Crippen LogP contribution in [-0.4, -0.2) is 5.11 Å². The minimum Gasteiger partial charge on any atom is -0.399 e. The van der Waals surface area contributed by atoms with E-state index in [1.807, 2.05) is 30.3 Å². The topological polar surface area (TPSA) is 46.2 Å². The van der Waals surface area contributed by atoms with Crippen molar-refractivity contribution in [1.29, 1.82) is 0 Å². The van der Waals surface area contributed by atoms with Gasteiger partial charge in [-0.1, -0.05) is 42.5 Å². The number of rotatable bonds is 3. The van der Waals surface area contributed by atoms with E-state index in [1.54, 1.807) is 0 Å². The van der Waals surface area contributed by atoms with E-state index in [-0.39, 0.29) is 6.10 Å². The second-order valence-corrected chi connectivity index (χ2v) is 5.03. The van der Waals surface area contributed by atoms with Gasteiger partial charge in [0.2, 0.25) is 0 Å². The van der Waals surface area contributed by atoms with Crippen LogP contribution in [0.25, 0.3) is 0 Å². The van der Waals surface area contributed by atoms with Crippen LogP contribution in [0.2, 0.25) is 0 Å². The maximum absolute atomic E-state index is 10.3. The van der Waals surface area contributed by atoms with Crippen molar-refractivity contribution in [3.05, 3.63) is 65.7 Å². The molecule has 3 rings (SSSR count). The molecule has 3 N–H and O–H groups in total. The van der Waals surface area contributed by atoms with Gasteiger partial charge in [-0.25, -0.2) is 0 Å². The third kappa shape index (κ3) is 2.12. The van der Waals surface area contributed by atoms with E-state index >= 15 is 0 Å². The molecule has 2 aromatic rings. The highest BCUT2D eigenvalue weighted by Crippen LogP contribution is 2.53. The maximum atomic E-state index is 10.3. The van der Waals surface area contributed by atoms with Gasteiger partial charge >= 0.3 is 0 Å².